The van der Waals surface area contributed by atoms with Crippen LogP contribution in [0.4, 0.5) is 0 Å². The molecule has 18 heavy (non-hydrogen) atoms. The van der Waals surface area contributed by atoms with Crippen molar-refractivity contribution < 1.29 is 10.2 Å². The molecule has 0 spiro atoms. The van der Waals surface area contributed by atoms with E-state index in [4.69, 9.17) is 5.11 Å². The summed E-state index contributed by atoms with van der Waals surface area (Å²) in [5.41, 5.74) is 0.945. The monoisotopic (exact) mass is 251 g/mol. The molecule has 0 aliphatic heterocycles. The van der Waals surface area contributed by atoms with E-state index >= 15 is 0 Å². The molecule has 0 bridgehead atoms. The van der Waals surface area contributed by atoms with Crippen LogP contribution in [0.15, 0.2) is 23.4 Å². The maximum atomic E-state index is 11.5. The summed E-state index contributed by atoms with van der Waals surface area (Å²) in [6.45, 7) is 2.32. The molecule has 0 radical (unpaired) electrons. The minimum atomic E-state index is -0.561. The lowest BCUT2D eigenvalue weighted by Crippen LogP contribution is -2.22. The molecule has 0 aliphatic carbocycles. The second-order valence-electron chi connectivity index (χ2n) is 4.49. The summed E-state index contributed by atoms with van der Waals surface area (Å²) in [6, 6.07) is 1.78. The van der Waals surface area contributed by atoms with E-state index in [1.807, 2.05) is 4.57 Å². The molecule has 0 aromatic carbocycles. The number of nitrogens with one attached hydrogen (secondary N) is 1. The fraction of sp³-hybridized carbons (Fsp3) is 0.500. The van der Waals surface area contributed by atoms with Crippen molar-refractivity contribution in [3.05, 3.63) is 28.9 Å². The highest BCUT2D eigenvalue weighted by atomic mass is 16.3. The van der Waals surface area contributed by atoms with Crippen molar-refractivity contribution in [1.82, 2.24) is 14.5 Å². The first kappa shape index (κ1) is 12.8. The highest BCUT2D eigenvalue weighted by Crippen LogP contribution is 2.11. The lowest BCUT2D eigenvalue weighted by molar-refractivity contribution is 0.0674. The molecule has 2 atom stereocenters. The number of hydrogen-bond donors (Lipinski definition) is 3. The first-order valence-corrected chi connectivity index (χ1v) is 5.95. The molecule has 3 N–H and O–H groups in total. The van der Waals surface area contributed by atoms with Crippen LogP contribution in [-0.2, 0) is 6.54 Å². The van der Waals surface area contributed by atoms with Crippen LogP contribution in [-0.4, -0.2) is 37.5 Å². The first-order chi connectivity index (χ1) is 8.63. The zero-order chi connectivity index (χ0) is 13.1. The highest BCUT2D eigenvalue weighted by molar-refractivity contribution is 5.73. The van der Waals surface area contributed by atoms with Crippen molar-refractivity contribution in [2.24, 2.45) is 5.92 Å². The predicted molar refractivity (Wildman–Crippen MR) is 67.2 cm³/mol. The van der Waals surface area contributed by atoms with Crippen molar-refractivity contribution in [1.29, 1.82) is 0 Å². The van der Waals surface area contributed by atoms with E-state index in [0.717, 1.165) is 5.52 Å². The summed E-state index contributed by atoms with van der Waals surface area (Å²) < 4.78 is 1.83. The molecule has 0 saturated carbocycles. The van der Waals surface area contributed by atoms with E-state index < -0.39 is 6.10 Å². The summed E-state index contributed by atoms with van der Waals surface area (Å²) in [5.74, 6) is -0.150. The Balaban J connectivity index is 2.13. The number of fused-ring (bicyclic) bond motifs is 1. The largest absolute Gasteiger partial charge is 0.396 e. The standard InChI is InChI=1S/C12H17N3O3/c1-8(6-16)10(17)3-5-15-7-14-11-9(15)2-4-13-12(11)18/h2,4,7-8,10,16-17H,3,5-6H2,1H3,(H,13,18). The Kier molecular flexibility index (Phi) is 3.78. The van der Waals surface area contributed by atoms with Gasteiger partial charge in [-0.2, -0.15) is 0 Å². The van der Waals surface area contributed by atoms with Gasteiger partial charge in [0.25, 0.3) is 5.56 Å². The molecule has 0 amide bonds. The van der Waals surface area contributed by atoms with Crippen LogP contribution in [0, 0.1) is 5.92 Å². The average molecular weight is 251 g/mol. The minimum absolute atomic E-state index is 0.0362. The Morgan fingerprint density at radius 1 is 1.56 bits per heavy atom. The van der Waals surface area contributed by atoms with Gasteiger partial charge < -0.3 is 19.8 Å². The van der Waals surface area contributed by atoms with Gasteiger partial charge >= 0.3 is 0 Å². The van der Waals surface area contributed by atoms with Crippen LogP contribution in [0.5, 0.6) is 0 Å². The number of pyridine rings is 1. The van der Waals surface area contributed by atoms with Gasteiger partial charge in [-0.25, -0.2) is 4.98 Å². The summed E-state index contributed by atoms with van der Waals surface area (Å²) in [4.78, 5) is 18.1. The van der Waals surface area contributed by atoms with Crippen molar-refractivity contribution in [3.63, 3.8) is 0 Å². The number of aromatic nitrogens is 3. The van der Waals surface area contributed by atoms with Gasteiger partial charge in [-0.3, -0.25) is 4.79 Å². The number of aryl methyl sites for hydroxylation is 1. The van der Waals surface area contributed by atoms with Gasteiger partial charge in [-0.05, 0) is 12.5 Å². The van der Waals surface area contributed by atoms with Gasteiger partial charge in [0.15, 0.2) is 5.52 Å². The molecule has 6 heteroatoms. The molecule has 2 heterocycles. The van der Waals surface area contributed by atoms with E-state index in [9.17, 15) is 9.90 Å². The Bertz CT molecular complexity index is 575. The van der Waals surface area contributed by atoms with Gasteiger partial charge in [0, 0.05) is 25.3 Å². The summed E-state index contributed by atoms with van der Waals surface area (Å²) in [7, 11) is 0. The Hall–Kier alpha value is -1.66. The Morgan fingerprint density at radius 2 is 2.33 bits per heavy atom. The molecule has 6 nitrogen and oxygen atoms in total. The van der Waals surface area contributed by atoms with Crippen LogP contribution in [0.3, 0.4) is 0 Å². The number of imidazole rings is 1. The fourth-order valence-electron chi connectivity index (χ4n) is 1.86. The average Bonchev–Trinajstić information content (AvgIpc) is 2.79. The second-order valence-corrected chi connectivity index (χ2v) is 4.49. The lowest BCUT2D eigenvalue weighted by Gasteiger charge is -2.16. The number of aromatic amines is 1. The molecule has 2 aromatic heterocycles. The zero-order valence-corrected chi connectivity index (χ0v) is 10.2. The topological polar surface area (TPSA) is 91.1 Å². The SMILES string of the molecule is CC(CO)C(O)CCn1cnc2c(=O)[nH]ccc21. The predicted octanol–water partition coefficient (Wildman–Crippen LogP) is 0.104. The van der Waals surface area contributed by atoms with Gasteiger partial charge in [0.05, 0.1) is 17.9 Å². The van der Waals surface area contributed by atoms with Crippen molar-refractivity contribution >= 4 is 11.0 Å². The molecule has 0 fully saturated rings. The molecular formula is C12H17N3O3. The van der Waals surface area contributed by atoms with Crippen LogP contribution < -0.4 is 5.56 Å². The van der Waals surface area contributed by atoms with E-state index in [-0.39, 0.29) is 18.1 Å². The van der Waals surface area contributed by atoms with Crippen molar-refractivity contribution in [3.8, 4) is 0 Å². The van der Waals surface area contributed by atoms with Gasteiger partial charge in [-0.1, -0.05) is 6.92 Å². The normalized spacial score (nSPS) is 14.8. The van der Waals surface area contributed by atoms with Gasteiger partial charge in [0.1, 0.15) is 0 Å². The van der Waals surface area contributed by atoms with Gasteiger partial charge in [0.2, 0.25) is 0 Å². The van der Waals surface area contributed by atoms with Crippen LogP contribution in [0.2, 0.25) is 0 Å². The molecule has 2 unspecified atom stereocenters. The third-order valence-electron chi connectivity index (χ3n) is 3.16. The maximum Gasteiger partial charge on any atom is 0.276 e. The molecule has 98 valence electrons. The third kappa shape index (κ3) is 2.44. The van der Waals surface area contributed by atoms with E-state index in [2.05, 4.69) is 9.97 Å². The van der Waals surface area contributed by atoms with Crippen LogP contribution >= 0.6 is 0 Å². The third-order valence-corrected chi connectivity index (χ3v) is 3.16. The van der Waals surface area contributed by atoms with Crippen molar-refractivity contribution in [2.75, 3.05) is 6.61 Å². The maximum absolute atomic E-state index is 11.5. The van der Waals surface area contributed by atoms with Crippen LogP contribution in [0.25, 0.3) is 11.0 Å². The molecule has 0 saturated heterocycles. The molecule has 2 aromatic rings. The second kappa shape index (κ2) is 5.32. The highest BCUT2D eigenvalue weighted by Gasteiger charge is 2.14. The number of nitrogens with zero attached hydrogens (tertiary/aromatic N) is 2. The minimum Gasteiger partial charge on any atom is -0.396 e. The molecular weight excluding hydrogens is 234 g/mol. The fourth-order valence-corrected chi connectivity index (χ4v) is 1.86. The van der Waals surface area contributed by atoms with Crippen molar-refractivity contribution in [2.45, 2.75) is 26.0 Å². The lowest BCUT2D eigenvalue weighted by atomic mass is 10.0. The Labute approximate surface area is 104 Å². The van der Waals surface area contributed by atoms with Crippen LogP contribution in [0.1, 0.15) is 13.3 Å². The number of aliphatic hydroxyl groups is 2. The number of H-pyrrole nitrogens is 1. The van der Waals surface area contributed by atoms with E-state index in [0.29, 0.717) is 18.5 Å². The summed E-state index contributed by atoms with van der Waals surface area (Å²) in [6.07, 6.45) is 3.13. The molecule has 0 aliphatic rings. The van der Waals surface area contributed by atoms with Gasteiger partial charge in [-0.15, -0.1) is 0 Å². The van der Waals surface area contributed by atoms with E-state index in [1.54, 1.807) is 25.5 Å². The summed E-state index contributed by atoms with van der Waals surface area (Å²) >= 11 is 0. The number of rotatable bonds is 5. The van der Waals surface area contributed by atoms with E-state index in [1.165, 1.54) is 0 Å². The number of aliphatic hydroxyl groups excluding tert-OH is 2. The first-order valence-electron chi connectivity index (χ1n) is 5.95. The quantitative estimate of drug-likeness (QED) is 0.703. The smallest absolute Gasteiger partial charge is 0.276 e. The Morgan fingerprint density at radius 3 is 3.06 bits per heavy atom. The zero-order valence-electron chi connectivity index (χ0n) is 10.2. The number of hydrogen-bond acceptors (Lipinski definition) is 4. The molecule has 2 rings (SSSR count). The summed E-state index contributed by atoms with van der Waals surface area (Å²) in [5, 5.41) is 18.7.